The van der Waals surface area contributed by atoms with Gasteiger partial charge in [0.1, 0.15) is 11.5 Å². The van der Waals surface area contributed by atoms with Gasteiger partial charge in [0.05, 0.1) is 19.2 Å². The third-order valence-corrected chi connectivity index (χ3v) is 4.85. The van der Waals surface area contributed by atoms with Crippen LogP contribution in [0.4, 0.5) is 0 Å². The highest BCUT2D eigenvalue weighted by Gasteiger charge is 2.43. The van der Waals surface area contributed by atoms with Gasteiger partial charge in [0.25, 0.3) is 5.91 Å². The summed E-state index contributed by atoms with van der Waals surface area (Å²) in [5.41, 5.74) is 1.17. The Morgan fingerprint density at radius 2 is 2.12 bits per heavy atom. The van der Waals surface area contributed by atoms with Crippen molar-refractivity contribution in [2.45, 2.75) is 25.1 Å². The Kier molecular flexibility index (Phi) is 4.09. The number of fused-ring (bicyclic) bond motifs is 1. The fraction of sp³-hybridized carbons (Fsp3) is 0.350. The van der Waals surface area contributed by atoms with E-state index in [4.69, 9.17) is 9.47 Å². The van der Waals surface area contributed by atoms with Crippen LogP contribution in [0.1, 0.15) is 28.8 Å². The van der Waals surface area contributed by atoms with Gasteiger partial charge in [-0.3, -0.25) is 9.69 Å². The highest BCUT2D eigenvalue weighted by atomic mass is 16.5. The summed E-state index contributed by atoms with van der Waals surface area (Å²) in [4.78, 5) is 14.8. The van der Waals surface area contributed by atoms with E-state index < -0.39 is 5.72 Å². The molecule has 2 aliphatic rings. The van der Waals surface area contributed by atoms with Crippen molar-refractivity contribution in [2.24, 2.45) is 0 Å². The minimum atomic E-state index is -0.636. The number of rotatable bonds is 3. The van der Waals surface area contributed by atoms with Gasteiger partial charge in [-0.15, -0.1) is 0 Å². The van der Waals surface area contributed by atoms with Gasteiger partial charge < -0.3 is 14.8 Å². The third-order valence-electron chi connectivity index (χ3n) is 4.85. The van der Waals surface area contributed by atoms with Crippen LogP contribution in [0, 0.1) is 0 Å². The monoisotopic (exact) mass is 338 g/mol. The second-order valence-corrected chi connectivity index (χ2v) is 6.71. The number of methoxy groups -OCH3 is 1. The predicted molar refractivity (Wildman–Crippen MR) is 94.8 cm³/mol. The van der Waals surface area contributed by atoms with E-state index in [1.54, 1.807) is 13.2 Å². The zero-order valence-corrected chi connectivity index (χ0v) is 14.3. The summed E-state index contributed by atoms with van der Waals surface area (Å²) in [5, 5.41) is 3.10. The predicted octanol–water partition coefficient (Wildman–Crippen LogP) is 2.81. The number of ether oxygens (including phenoxy) is 2. The van der Waals surface area contributed by atoms with Crippen molar-refractivity contribution in [1.82, 2.24) is 10.2 Å². The summed E-state index contributed by atoms with van der Waals surface area (Å²) >= 11 is 0. The van der Waals surface area contributed by atoms with Crippen molar-refractivity contribution in [3.05, 3.63) is 59.7 Å². The molecule has 1 saturated heterocycles. The van der Waals surface area contributed by atoms with Crippen LogP contribution in [0.25, 0.3) is 0 Å². The molecule has 25 heavy (non-hydrogen) atoms. The Morgan fingerprint density at radius 3 is 3.00 bits per heavy atom. The van der Waals surface area contributed by atoms with Crippen molar-refractivity contribution >= 4 is 5.91 Å². The lowest BCUT2D eigenvalue weighted by atomic mass is 9.97. The second kappa shape index (κ2) is 6.41. The van der Waals surface area contributed by atoms with Crippen LogP contribution < -0.4 is 14.8 Å². The van der Waals surface area contributed by atoms with Crippen molar-refractivity contribution in [3.8, 4) is 11.5 Å². The standard InChI is InChI=1S/C20H22N2O3/c1-24-16-7-4-6-15(12-16)13-22-11-5-10-20(14-22)21-19(23)17-8-2-3-9-18(17)25-20/h2-4,6-9,12H,5,10-11,13-14H2,1H3,(H,21,23). The summed E-state index contributed by atoms with van der Waals surface area (Å²) in [5.74, 6) is 1.49. The van der Waals surface area contributed by atoms with Crippen LogP contribution in [0.5, 0.6) is 11.5 Å². The van der Waals surface area contributed by atoms with E-state index in [1.165, 1.54) is 5.56 Å². The van der Waals surface area contributed by atoms with Crippen LogP contribution in [0.3, 0.4) is 0 Å². The summed E-state index contributed by atoms with van der Waals surface area (Å²) in [6.45, 7) is 2.46. The Labute approximate surface area is 147 Å². The maximum Gasteiger partial charge on any atom is 0.258 e. The highest BCUT2D eigenvalue weighted by molar-refractivity contribution is 5.98. The van der Waals surface area contributed by atoms with E-state index in [0.717, 1.165) is 31.7 Å². The van der Waals surface area contributed by atoms with Crippen LogP contribution in [-0.2, 0) is 6.54 Å². The van der Waals surface area contributed by atoms with Gasteiger partial charge >= 0.3 is 0 Å². The molecule has 130 valence electrons. The van der Waals surface area contributed by atoms with Gasteiger partial charge in [0.15, 0.2) is 5.72 Å². The average Bonchev–Trinajstić information content (AvgIpc) is 2.62. The minimum Gasteiger partial charge on any atom is -0.497 e. The number of carbonyl (C=O) groups excluding carboxylic acids is 1. The first-order valence-electron chi connectivity index (χ1n) is 8.63. The first kappa shape index (κ1) is 16.0. The summed E-state index contributed by atoms with van der Waals surface area (Å²) in [7, 11) is 1.68. The summed E-state index contributed by atoms with van der Waals surface area (Å²) in [6, 6.07) is 15.5. The molecule has 0 radical (unpaired) electrons. The number of benzene rings is 2. The highest BCUT2D eigenvalue weighted by Crippen LogP contribution is 2.33. The van der Waals surface area contributed by atoms with Crippen molar-refractivity contribution < 1.29 is 14.3 Å². The number of amides is 1. The van der Waals surface area contributed by atoms with Gasteiger partial charge in [-0.25, -0.2) is 0 Å². The number of nitrogens with one attached hydrogen (secondary N) is 1. The smallest absolute Gasteiger partial charge is 0.258 e. The Balaban J connectivity index is 1.52. The molecule has 1 atom stereocenters. The van der Waals surface area contributed by atoms with E-state index in [9.17, 15) is 4.79 Å². The molecule has 0 bridgehead atoms. The largest absolute Gasteiger partial charge is 0.497 e. The molecule has 2 aromatic rings. The van der Waals surface area contributed by atoms with E-state index in [1.807, 2.05) is 30.3 Å². The zero-order valence-electron chi connectivity index (χ0n) is 14.3. The number of carbonyl (C=O) groups is 1. The quantitative estimate of drug-likeness (QED) is 0.935. The number of hydrogen-bond donors (Lipinski definition) is 1. The molecule has 0 saturated carbocycles. The van der Waals surface area contributed by atoms with Crippen LogP contribution in [0.2, 0.25) is 0 Å². The van der Waals surface area contributed by atoms with E-state index in [-0.39, 0.29) is 5.91 Å². The molecule has 1 N–H and O–H groups in total. The van der Waals surface area contributed by atoms with Gasteiger partial charge in [-0.05, 0) is 42.8 Å². The molecular formula is C20H22N2O3. The van der Waals surface area contributed by atoms with Crippen molar-refractivity contribution in [1.29, 1.82) is 0 Å². The van der Waals surface area contributed by atoms with Crippen LogP contribution >= 0.6 is 0 Å². The lowest BCUT2D eigenvalue weighted by Crippen LogP contribution is -2.63. The van der Waals surface area contributed by atoms with E-state index in [0.29, 0.717) is 17.9 Å². The number of hydrogen-bond acceptors (Lipinski definition) is 4. The fourth-order valence-electron chi connectivity index (χ4n) is 3.71. The zero-order chi connectivity index (χ0) is 17.3. The second-order valence-electron chi connectivity index (χ2n) is 6.71. The maximum atomic E-state index is 12.5. The topological polar surface area (TPSA) is 50.8 Å². The molecule has 5 heteroatoms. The number of nitrogens with zero attached hydrogens (tertiary/aromatic N) is 1. The molecule has 5 nitrogen and oxygen atoms in total. The minimum absolute atomic E-state index is 0.0509. The molecule has 0 aromatic heterocycles. The third kappa shape index (κ3) is 3.20. The van der Waals surface area contributed by atoms with E-state index >= 15 is 0 Å². The molecule has 2 aromatic carbocycles. The normalized spacial score (nSPS) is 22.8. The first-order chi connectivity index (χ1) is 12.2. The van der Waals surface area contributed by atoms with Crippen molar-refractivity contribution in [3.63, 3.8) is 0 Å². The molecule has 0 aliphatic carbocycles. The summed E-state index contributed by atoms with van der Waals surface area (Å²) < 4.78 is 11.6. The lowest BCUT2D eigenvalue weighted by Gasteiger charge is -2.45. The average molecular weight is 338 g/mol. The van der Waals surface area contributed by atoms with Gasteiger partial charge in [0.2, 0.25) is 0 Å². The fourth-order valence-corrected chi connectivity index (χ4v) is 3.71. The molecule has 1 unspecified atom stereocenters. The summed E-state index contributed by atoms with van der Waals surface area (Å²) in [6.07, 6.45) is 1.80. The van der Waals surface area contributed by atoms with Crippen LogP contribution in [-0.4, -0.2) is 36.7 Å². The number of para-hydroxylation sites is 1. The van der Waals surface area contributed by atoms with Crippen LogP contribution in [0.15, 0.2) is 48.5 Å². The van der Waals surface area contributed by atoms with Crippen molar-refractivity contribution in [2.75, 3.05) is 20.2 Å². The molecule has 1 amide bonds. The Morgan fingerprint density at radius 1 is 1.24 bits per heavy atom. The lowest BCUT2D eigenvalue weighted by molar-refractivity contribution is -0.0393. The molecule has 1 fully saturated rings. The molecule has 2 aliphatic heterocycles. The first-order valence-corrected chi connectivity index (χ1v) is 8.63. The Bertz CT molecular complexity index is 792. The molecule has 4 rings (SSSR count). The number of likely N-dealkylation sites (tertiary alicyclic amines) is 1. The Hall–Kier alpha value is -2.53. The van der Waals surface area contributed by atoms with Gasteiger partial charge in [-0.2, -0.15) is 0 Å². The molecule has 2 heterocycles. The molecule has 1 spiro atoms. The SMILES string of the molecule is COc1cccc(CN2CCCC3(C2)NC(=O)c2ccccc2O3)c1. The maximum absolute atomic E-state index is 12.5. The molecular weight excluding hydrogens is 316 g/mol. The van der Waals surface area contributed by atoms with Gasteiger partial charge in [0, 0.05) is 13.0 Å². The number of piperidine rings is 1. The van der Waals surface area contributed by atoms with Gasteiger partial charge in [-0.1, -0.05) is 24.3 Å². The van der Waals surface area contributed by atoms with E-state index in [2.05, 4.69) is 22.3 Å².